The van der Waals surface area contributed by atoms with Crippen molar-refractivity contribution >= 4 is 21.8 Å². The van der Waals surface area contributed by atoms with E-state index in [0.717, 1.165) is 10.0 Å². The van der Waals surface area contributed by atoms with E-state index >= 15 is 0 Å². The molecule has 2 N–H and O–H groups in total. The van der Waals surface area contributed by atoms with Gasteiger partial charge in [0, 0.05) is 17.5 Å². The van der Waals surface area contributed by atoms with Crippen molar-refractivity contribution in [3.05, 3.63) is 34.3 Å². The fraction of sp³-hybridized carbons (Fsp3) is 0.417. The number of rotatable bonds is 5. The monoisotopic (exact) mass is 285 g/mol. The zero-order valence-corrected chi connectivity index (χ0v) is 10.8. The number of benzene rings is 1. The lowest BCUT2D eigenvalue weighted by molar-refractivity contribution is -0.122. The van der Waals surface area contributed by atoms with Gasteiger partial charge in [-0.1, -0.05) is 28.1 Å². The summed E-state index contributed by atoms with van der Waals surface area (Å²) in [6, 6.07) is 7.85. The largest absolute Gasteiger partial charge is 0.396 e. The molecule has 1 aromatic rings. The van der Waals surface area contributed by atoms with Crippen LogP contribution in [-0.2, 0) is 4.79 Å². The normalized spacial score (nSPS) is 12.2. The molecule has 4 heteroatoms. The van der Waals surface area contributed by atoms with Crippen LogP contribution in [0.25, 0.3) is 0 Å². The molecule has 16 heavy (non-hydrogen) atoms. The van der Waals surface area contributed by atoms with Gasteiger partial charge >= 0.3 is 0 Å². The molecule has 0 aliphatic carbocycles. The third-order valence-electron chi connectivity index (χ3n) is 2.31. The molecule has 1 aromatic carbocycles. The van der Waals surface area contributed by atoms with Gasteiger partial charge in [-0.25, -0.2) is 0 Å². The first-order valence-corrected chi connectivity index (χ1v) is 6.08. The van der Waals surface area contributed by atoms with E-state index in [0.29, 0.717) is 12.8 Å². The Balaban J connectivity index is 2.48. The Morgan fingerprint density at radius 2 is 2.06 bits per heavy atom. The van der Waals surface area contributed by atoms with Crippen molar-refractivity contribution < 1.29 is 9.90 Å². The van der Waals surface area contributed by atoms with E-state index < -0.39 is 0 Å². The van der Waals surface area contributed by atoms with Crippen molar-refractivity contribution in [2.45, 2.75) is 25.8 Å². The zero-order chi connectivity index (χ0) is 12.0. The number of carbonyl (C=O) groups excluding carboxylic acids is 1. The van der Waals surface area contributed by atoms with Gasteiger partial charge < -0.3 is 10.4 Å². The van der Waals surface area contributed by atoms with Crippen LogP contribution in [0.15, 0.2) is 28.7 Å². The highest BCUT2D eigenvalue weighted by molar-refractivity contribution is 9.10. The second-order valence-electron chi connectivity index (χ2n) is 3.67. The summed E-state index contributed by atoms with van der Waals surface area (Å²) in [4.78, 5) is 11.4. The van der Waals surface area contributed by atoms with E-state index in [1.165, 1.54) is 0 Å². The van der Waals surface area contributed by atoms with Crippen molar-refractivity contribution in [2.24, 2.45) is 0 Å². The molecule has 0 aliphatic rings. The number of nitrogens with one attached hydrogen (secondary N) is 1. The average Bonchev–Trinajstić information content (AvgIpc) is 2.27. The maximum absolute atomic E-state index is 11.4. The number of hydrogen-bond donors (Lipinski definition) is 2. The highest BCUT2D eigenvalue weighted by Crippen LogP contribution is 2.16. The van der Waals surface area contributed by atoms with E-state index in [4.69, 9.17) is 5.11 Å². The number of carbonyl (C=O) groups is 1. The second-order valence-corrected chi connectivity index (χ2v) is 4.58. The number of hydrogen-bond acceptors (Lipinski definition) is 2. The predicted molar refractivity (Wildman–Crippen MR) is 67.0 cm³/mol. The Labute approximate surface area is 104 Å². The molecule has 0 unspecified atom stereocenters. The fourth-order valence-electron chi connectivity index (χ4n) is 1.39. The molecular weight excluding hydrogens is 270 g/mol. The van der Waals surface area contributed by atoms with Crippen LogP contribution in [0.4, 0.5) is 0 Å². The number of aliphatic hydroxyl groups excluding tert-OH is 1. The summed E-state index contributed by atoms with van der Waals surface area (Å²) < 4.78 is 1.02. The van der Waals surface area contributed by atoms with E-state index in [9.17, 15) is 4.79 Å². The van der Waals surface area contributed by atoms with Crippen molar-refractivity contribution in [1.82, 2.24) is 5.32 Å². The first-order chi connectivity index (χ1) is 7.63. The first kappa shape index (κ1) is 13.2. The van der Waals surface area contributed by atoms with Crippen LogP contribution >= 0.6 is 15.9 Å². The van der Waals surface area contributed by atoms with E-state index in [1.807, 2.05) is 31.2 Å². The SMILES string of the molecule is C[C@H](NC(=O)CCCO)c1ccc(Br)cc1. The molecule has 88 valence electrons. The second kappa shape index (κ2) is 6.66. The summed E-state index contributed by atoms with van der Waals surface area (Å²) in [7, 11) is 0. The summed E-state index contributed by atoms with van der Waals surface area (Å²) in [6.45, 7) is 2.00. The molecule has 0 saturated heterocycles. The van der Waals surface area contributed by atoms with Gasteiger partial charge in [0.25, 0.3) is 0 Å². The lowest BCUT2D eigenvalue weighted by Gasteiger charge is -2.14. The molecule has 0 heterocycles. The van der Waals surface area contributed by atoms with E-state index in [2.05, 4.69) is 21.2 Å². The summed E-state index contributed by atoms with van der Waals surface area (Å²) >= 11 is 3.36. The Morgan fingerprint density at radius 3 is 2.62 bits per heavy atom. The molecule has 1 rings (SSSR count). The van der Waals surface area contributed by atoms with Crippen LogP contribution in [0.1, 0.15) is 31.4 Å². The highest BCUT2D eigenvalue weighted by Gasteiger charge is 2.08. The Kier molecular flexibility index (Phi) is 5.49. The summed E-state index contributed by atoms with van der Waals surface area (Å²) in [6.07, 6.45) is 0.885. The predicted octanol–water partition coefficient (Wildman–Crippen LogP) is 2.40. The standard InChI is InChI=1S/C12H16BrNO2/c1-9(14-12(16)3-2-8-15)10-4-6-11(13)7-5-10/h4-7,9,15H,2-3,8H2,1H3,(H,14,16)/t9-/m0/s1. The topological polar surface area (TPSA) is 49.3 Å². The molecular formula is C12H16BrNO2. The van der Waals surface area contributed by atoms with Crippen molar-refractivity contribution in [3.8, 4) is 0 Å². The Hall–Kier alpha value is -0.870. The van der Waals surface area contributed by atoms with Crippen molar-refractivity contribution in [3.63, 3.8) is 0 Å². The molecule has 0 saturated carbocycles. The molecule has 0 fully saturated rings. The first-order valence-electron chi connectivity index (χ1n) is 5.29. The smallest absolute Gasteiger partial charge is 0.220 e. The van der Waals surface area contributed by atoms with Crippen LogP contribution < -0.4 is 5.32 Å². The molecule has 3 nitrogen and oxygen atoms in total. The summed E-state index contributed by atoms with van der Waals surface area (Å²) in [5.41, 5.74) is 1.07. The molecule has 0 radical (unpaired) electrons. The average molecular weight is 286 g/mol. The van der Waals surface area contributed by atoms with Gasteiger partial charge in [-0.05, 0) is 31.0 Å². The van der Waals surface area contributed by atoms with Gasteiger partial charge in [-0.15, -0.1) is 0 Å². The maximum Gasteiger partial charge on any atom is 0.220 e. The Morgan fingerprint density at radius 1 is 1.44 bits per heavy atom. The van der Waals surface area contributed by atoms with Gasteiger partial charge in [-0.3, -0.25) is 4.79 Å². The lowest BCUT2D eigenvalue weighted by atomic mass is 10.1. The minimum atomic E-state index is -0.0236. The third-order valence-corrected chi connectivity index (χ3v) is 2.84. The quantitative estimate of drug-likeness (QED) is 0.873. The van der Waals surface area contributed by atoms with Crippen molar-refractivity contribution in [1.29, 1.82) is 0 Å². The minimum Gasteiger partial charge on any atom is -0.396 e. The molecule has 1 atom stereocenters. The van der Waals surface area contributed by atoms with Gasteiger partial charge in [-0.2, -0.15) is 0 Å². The third kappa shape index (κ3) is 4.33. The molecule has 0 bridgehead atoms. The van der Waals surface area contributed by atoms with Gasteiger partial charge in [0.2, 0.25) is 5.91 Å². The minimum absolute atomic E-state index is 0.000655. The van der Waals surface area contributed by atoms with Crippen LogP contribution in [0.3, 0.4) is 0 Å². The number of amides is 1. The van der Waals surface area contributed by atoms with Gasteiger partial charge in [0.1, 0.15) is 0 Å². The van der Waals surface area contributed by atoms with Crippen LogP contribution in [0, 0.1) is 0 Å². The summed E-state index contributed by atoms with van der Waals surface area (Å²) in [5.74, 6) is -0.0236. The maximum atomic E-state index is 11.4. The Bertz CT molecular complexity index is 337. The molecule has 0 aliphatic heterocycles. The number of aliphatic hydroxyl groups is 1. The molecule has 1 amide bonds. The van der Waals surface area contributed by atoms with Crippen LogP contribution in [-0.4, -0.2) is 17.6 Å². The summed E-state index contributed by atoms with van der Waals surface area (Å²) in [5, 5.41) is 11.5. The van der Waals surface area contributed by atoms with Gasteiger partial charge in [0.05, 0.1) is 6.04 Å². The fourth-order valence-corrected chi connectivity index (χ4v) is 1.65. The van der Waals surface area contributed by atoms with E-state index in [1.54, 1.807) is 0 Å². The molecule has 0 spiro atoms. The van der Waals surface area contributed by atoms with Crippen molar-refractivity contribution in [2.75, 3.05) is 6.61 Å². The molecule has 0 aromatic heterocycles. The zero-order valence-electron chi connectivity index (χ0n) is 9.24. The van der Waals surface area contributed by atoms with Crippen LogP contribution in [0.2, 0.25) is 0 Å². The lowest BCUT2D eigenvalue weighted by Crippen LogP contribution is -2.26. The van der Waals surface area contributed by atoms with Gasteiger partial charge in [0.15, 0.2) is 0 Å². The van der Waals surface area contributed by atoms with E-state index in [-0.39, 0.29) is 18.6 Å². The number of halogens is 1. The van der Waals surface area contributed by atoms with Crippen LogP contribution in [0.5, 0.6) is 0 Å². The highest BCUT2D eigenvalue weighted by atomic mass is 79.9.